The first-order chi connectivity index (χ1) is 11.7. The molecule has 24 heavy (non-hydrogen) atoms. The molecule has 2 unspecified atom stereocenters. The van der Waals surface area contributed by atoms with Gasteiger partial charge in [-0.3, -0.25) is 0 Å². The quantitative estimate of drug-likeness (QED) is 0.254. The van der Waals surface area contributed by atoms with Crippen molar-refractivity contribution in [2.45, 2.75) is 142 Å². The average molecular weight is 343 g/mol. The van der Waals surface area contributed by atoms with Crippen LogP contribution in [0.15, 0.2) is 0 Å². The topological polar surface area (TPSA) is 40.5 Å². The van der Waals surface area contributed by atoms with Gasteiger partial charge < -0.3 is 10.2 Å². The highest BCUT2D eigenvalue weighted by Gasteiger charge is 2.05. The van der Waals surface area contributed by atoms with E-state index in [0.29, 0.717) is 0 Å². The van der Waals surface area contributed by atoms with Crippen molar-refractivity contribution in [2.75, 3.05) is 0 Å². The summed E-state index contributed by atoms with van der Waals surface area (Å²) in [5.41, 5.74) is 0. The smallest absolute Gasteiger partial charge is 0.0540 e. The molecule has 0 spiro atoms. The SMILES string of the molecule is CCCCCCCCC(O)CCCCCCC(O)CCCCCC. The first kappa shape index (κ1) is 23.9. The van der Waals surface area contributed by atoms with E-state index in [1.807, 2.05) is 0 Å². The molecular formula is C22H46O2. The molecule has 0 aromatic heterocycles. The number of aliphatic hydroxyl groups excluding tert-OH is 2. The lowest BCUT2D eigenvalue weighted by Gasteiger charge is -2.11. The average Bonchev–Trinajstić information content (AvgIpc) is 2.58. The fraction of sp³-hybridized carbons (Fsp3) is 1.00. The van der Waals surface area contributed by atoms with Gasteiger partial charge in [-0.25, -0.2) is 0 Å². The van der Waals surface area contributed by atoms with Gasteiger partial charge in [0.2, 0.25) is 0 Å². The maximum atomic E-state index is 10.00. The molecule has 0 saturated carbocycles. The van der Waals surface area contributed by atoms with Crippen LogP contribution >= 0.6 is 0 Å². The minimum atomic E-state index is -0.0832. The summed E-state index contributed by atoms with van der Waals surface area (Å²) in [6.45, 7) is 4.47. The zero-order chi connectivity index (χ0) is 17.9. The van der Waals surface area contributed by atoms with Gasteiger partial charge in [0.1, 0.15) is 0 Å². The summed E-state index contributed by atoms with van der Waals surface area (Å²) in [5, 5.41) is 19.9. The molecule has 0 amide bonds. The van der Waals surface area contributed by atoms with Crippen LogP contribution in [0.1, 0.15) is 129 Å². The van der Waals surface area contributed by atoms with Gasteiger partial charge in [0.05, 0.1) is 12.2 Å². The van der Waals surface area contributed by atoms with Crippen molar-refractivity contribution >= 4 is 0 Å². The molecule has 2 atom stereocenters. The molecule has 0 aliphatic carbocycles. The molecular weight excluding hydrogens is 296 g/mol. The van der Waals surface area contributed by atoms with Gasteiger partial charge in [-0.05, 0) is 25.7 Å². The molecule has 0 aromatic rings. The lowest BCUT2D eigenvalue weighted by molar-refractivity contribution is 0.142. The largest absolute Gasteiger partial charge is 0.393 e. The highest BCUT2D eigenvalue weighted by molar-refractivity contribution is 4.59. The van der Waals surface area contributed by atoms with Crippen LogP contribution in [0.5, 0.6) is 0 Å². The fourth-order valence-electron chi connectivity index (χ4n) is 3.37. The van der Waals surface area contributed by atoms with E-state index in [1.54, 1.807) is 0 Å². The maximum Gasteiger partial charge on any atom is 0.0540 e. The monoisotopic (exact) mass is 342 g/mol. The standard InChI is InChI=1S/C22H46O2/c1-3-5-7-9-10-14-18-22(24)20-16-12-11-15-19-21(23)17-13-8-6-4-2/h21-24H,3-20H2,1-2H3. The van der Waals surface area contributed by atoms with Crippen LogP contribution in [-0.2, 0) is 0 Å². The van der Waals surface area contributed by atoms with Gasteiger partial charge >= 0.3 is 0 Å². The molecule has 0 radical (unpaired) electrons. The Kier molecular flexibility index (Phi) is 19.2. The molecule has 2 N–H and O–H groups in total. The number of rotatable bonds is 19. The Labute approximate surface area is 152 Å². The molecule has 2 heteroatoms. The van der Waals surface area contributed by atoms with E-state index in [-0.39, 0.29) is 12.2 Å². The Morgan fingerprint density at radius 2 is 0.667 bits per heavy atom. The normalized spacial score (nSPS) is 14.0. The third-order valence-corrected chi connectivity index (χ3v) is 5.11. The van der Waals surface area contributed by atoms with Crippen LogP contribution in [0.25, 0.3) is 0 Å². The molecule has 0 aliphatic heterocycles. The van der Waals surface area contributed by atoms with Crippen LogP contribution < -0.4 is 0 Å². The third-order valence-electron chi connectivity index (χ3n) is 5.11. The Bertz CT molecular complexity index is 230. The first-order valence-corrected chi connectivity index (χ1v) is 11.1. The highest BCUT2D eigenvalue weighted by atomic mass is 16.3. The number of hydrogen-bond acceptors (Lipinski definition) is 2. The molecule has 0 fully saturated rings. The predicted molar refractivity (Wildman–Crippen MR) is 106 cm³/mol. The lowest BCUT2D eigenvalue weighted by atomic mass is 10.0. The summed E-state index contributed by atoms with van der Waals surface area (Å²) in [7, 11) is 0. The van der Waals surface area contributed by atoms with Gasteiger partial charge in [-0.2, -0.15) is 0 Å². The Hall–Kier alpha value is -0.0800. The summed E-state index contributed by atoms with van der Waals surface area (Å²) >= 11 is 0. The Morgan fingerprint density at radius 1 is 0.417 bits per heavy atom. The van der Waals surface area contributed by atoms with Crippen LogP contribution in [-0.4, -0.2) is 22.4 Å². The fourth-order valence-corrected chi connectivity index (χ4v) is 3.37. The lowest BCUT2D eigenvalue weighted by Crippen LogP contribution is -2.07. The summed E-state index contributed by atoms with van der Waals surface area (Å²) in [6, 6.07) is 0. The van der Waals surface area contributed by atoms with Crippen LogP contribution in [0.3, 0.4) is 0 Å². The van der Waals surface area contributed by atoms with E-state index in [9.17, 15) is 10.2 Å². The molecule has 146 valence electrons. The molecule has 2 nitrogen and oxygen atoms in total. The van der Waals surface area contributed by atoms with Crippen LogP contribution in [0.4, 0.5) is 0 Å². The van der Waals surface area contributed by atoms with E-state index >= 15 is 0 Å². The van der Waals surface area contributed by atoms with Crippen LogP contribution in [0.2, 0.25) is 0 Å². The molecule has 0 aliphatic rings. The van der Waals surface area contributed by atoms with Crippen LogP contribution in [0, 0.1) is 0 Å². The van der Waals surface area contributed by atoms with Crippen molar-refractivity contribution in [3.8, 4) is 0 Å². The highest BCUT2D eigenvalue weighted by Crippen LogP contribution is 2.15. The second kappa shape index (κ2) is 19.2. The molecule has 0 saturated heterocycles. The second-order valence-electron chi connectivity index (χ2n) is 7.70. The van der Waals surface area contributed by atoms with Crippen molar-refractivity contribution < 1.29 is 10.2 Å². The van der Waals surface area contributed by atoms with Gasteiger partial charge in [0.25, 0.3) is 0 Å². The molecule has 0 rings (SSSR count). The molecule has 0 aromatic carbocycles. The van der Waals surface area contributed by atoms with Crippen molar-refractivity contribution in [3.05, 3.63) is 0 Å². The minimum absolute atomic E-state index is 0.0830. The van der Waals surface area contributed by atoms with E-state index in [1.165, 1.54) is 77.0 Å². The minimum Gasteiger partial charge on any atom is -0.393 e. The van der Waals surface area contributed by atoms with Gasteiger partial charge in [0, 0.05) is 0 Å². The van der Waals surface area contributed by atoms with E-state index < -0.39 is 0 Å². The van der Waals surface area contributed by atoms with E-state index in [2.05, 4.69) is 13.8 Å². The maximum absolute atomic E-state index is 10.00. The predicted octanol–water partition coefficient (Wildman–Crippen LogP) is 6.77. The summed E-state index contributed by atoms with van der Waals surface area (Å²) in [4.78, 5) is 0. The second-order valence-corrected chi connectivity index (χ2v) is 7.70. The molecule has 0 heterocycles. The van der Waals surface area contributed by atoms with Crippen molar-refractivity contribution in [2.24, 2.45) is 0 Å². The zero-order valence-corrected chi connectivity index (χ0v) is 16.8. The van der Waals surface area contributed by atoms with Gasteiger partial charge in [-0.1, -0.05) is 104 Å². The van der Waals surface area contributed by atoms with Gasteiger partial charge in [-0.15, -0.1) is 0 Å². The van der Waals surface area contributed by atoms with E-state index in [0.717, 1.165) is 38.5 Å². The Balaban J connectivity index is 3.25. The summed E-state index contributed by atoms with van der Waals surface area (Å²) in [6.07, 6.45) is 21.3. The first-order valence-electron chi connectivity index (χ1n) is 11.1. The zero-order valence-electron chi connectivity index (χ0n) is 16.8. The van der Waals surface area contributed by atoms with Gasteiger partial charge in [0.15, 0.2) is 0 Å². The summed E-state index contributed by atoms with van der Waals surface area (Å²) < 4.78 is 0. The third kappa shape index (κ3) is 18.3. The van der Waals surface area contributed by atoms with Crippen molar-refractivity contribution in [3.63, 3.8) is 0 Å². The van der Waals surface area contributed by atoms with Crippen molar-refractivity contribution in [1.82, 2.24) is 0 Å². The van der Waals surface area contributed by atoms with Crippen molar-refractivity contribution in [1.29, 1.82) is 0 Å². The molecule has 0 bridgehead atoms. The number of hydrogen-bond donors (Lipinski definition) is 2. The summed E-state index contributed by atoms with van der Waals surface area (Å²) in [5.74, 6) is 0. The van der Waals surface area contributed by atoms with E-state index in [4.69, 9.17) is 0 Å². The number of unbranched alkanes of at least 4 members (excludes halogenated alkanes) is 11. The Morgan fingerprint density at radius 3 is 1.00 bits per heavy atom. The number of aliphatic hydroxyl groups is 2.